The van der Waals surface area contributed by atoms with Gasteiger partial charge in [-0.15, -0.1) is 0 Å². The normalized spacial score (nSPS) is 12.9. The molecule has 0 saturated carbocycles. The van der Waals surface area contributed by atoms with Crippen LogP contribution < -0.4 is 3.71 Å². The Hall–Kier alpha value is -0.644. The van der Waals surface area contributed by atoms with E-state index >= 15 is 0 Å². The fourth-order valence-electron chi connectivity index (χ4n) is 4.67. The third-order valence-corrected chi connectivity index (χ3v) is 25.8. The number of rotatable bonds is 17. The Bertz CT molecular complexity index is 966. The summed E-state index contributed by atoms with van der Waals surface area (Å²) in [6, 6.07) is 9.80. The van der Waals surface area contributed by atoms with Crippen molar-refractivity contribution in [2.24, 2.45) is 0 Å². The van der Waals surface area contributed by atoms with E-state index in [1.54, 1.807) is 24.3 Å². The Morgan fingerprint density at radius 3 is 1.94 bits per heavy atom. The fourth-order valence-corrected chi connectivity index (χ4v) is 23.3. The van der Waals surface area contributed by atoms with Gasteiger partial charge in [0.1, 0.15) is 0 Å². The van der Waals surface area contributed by atoms with E-state index < -0.39 is 36.3 Å². The number of ether oxygens (including phenoxy) is 1. The van der Waals surface area contributed by atoms with Crippen LogP contribution in [0.25, 0.3) is 0 Å². The Balaban J connectivity index is 2.59. The second-order valence-corrected chi connectivity index (χ2v) is 31.6. The Morgan fingerprint density at radius 1 is 0.914 bits per heavy atom. The molecule has 2 aromatic rings. The number of benzene rings is 1. The third-order valence-electron chi connectivity index (χ3n) is 6.90. The number of unbranched alkanes of at least 4 members (excludes halogenated alkanes) is 3. The first kappa shape index (κ1) is 30.6. The van der Waals surface area contributed by atoms with E-state index in [-0.39, 0.29) is 11.9 Å². The van der Waals surface area contributed by atoms with Crippen molar-refractivity contribution in [1.29, 1.82) is 0 Å². The van der Waals surface area contributed by atoms with Gasteiger partial charge in [-0.1, -0.05) is 0 Å². The minimum atomic E-state index is -3.72. The quantitative estimate of drug-likeness (QED) is 0.139. The van der Waals surface area contributed by atoms with Crippen molar-refractivity contribution in [3.8, 4) is 0 Å². The summed E-state index contributed by atoms with van der Waals surface area (Å²) in [6.07, 6.45) is 9.10. The molecule has 0 unspecified atom stereocenters. The fraction of sp³-hybridized carbons (Fsp3) is 0.667. The molecule has 0 fully saturated rings. The average molecular weight is 628 g/mol. The van der Waals surface area contributed by atoms with E-state index in [4.69, 9.17) is 4.74 Å². The molecule has 2 rings (SSSR count). The van der Waals surface area contributed by atoms with Crippen molar-refractivity contribution >= 4 is 40.0 Å². The molecule has 0 aliphatic carbocycles. The maximum absolute atomic E-state index is 13.7. The van der Waals surface area contributed by atoms with Crippen molar-refractivity contribution in [1.82, 2.24) is 9.55 Å². The van der Waals surface area contributed by atoms with Crippen LogP contribution in [-0.2, 0) is 21.3 Å². The Kier molecular flexibility index (Phi) is 12.5. The number of aromatic nitrogens is 2. The average Bonchev–Trinajstić information content (AvgIpc) is 3.27. The first-order valence-corrected chi connectivity index (χ1v) is 26.2. The van der Waals surface area contributed by atoms with Gasteiger partial charge in [0, 0.05) is 0 Å². The van der Waals surface area contributed by atoms with Crippen LogP contribution in [0.2, 0.25) is 39.0 Å². The maximum atomic E-state index is 13.7. The van der Waals surface area contributed by atoms with E-state index in [1.807, 2.05) is 16.8 Å². The van der Waals surface area contributed by atoms with Crippen LogP contribution in [0.4, 0.5) is 0 Å². The van der Waals surface area contributed by atoms with Gasteiger partial charge in [0.15, 0.2) is 0 Å². The molecule has 0 bridgehead atoms. The van der Waals surface area contributed by atoms with Gasteiger partial charge in [-0.3, -0.25) is 0 Å². The molecule has 1 aromatic carbocycles. The molecular weight excluding hydrogens is 579 g/mol. The third kappa shape index (κ3) is 8.71. The molecule has 0 amide bonds. The van der Waals surface area contributed by atoms with Crippen LogP contribution in [0.15, 0.2) is 46.6 Å². The monoisotopic (exact) mass is 628 g/mol. The molecule has 1 aromatic heterocycles. The van der Waals surface area contributed by atoms with E-state index in [9.17, 15) is 8.42 Å². The zero-order valence-electron chi connectivity index (χ0n) is 23.0. The Labute approximate surface area is 219 Å². The zero-order valence-corrected chi connectivity index (χ0v) is 27.6. The van der Waals surface area contributed by atoms with Crippen LogP contribution in [0.5, 0.6) is 0 Å². The molecule has 1 heterocycles. The van der Waals surface area contributed by atoms with Crippen LogP contribution in [0, 0.1) is 0 Å². The van der Waals surface area contributed by atoms with Crippen LogP contribution in [0.1, 0.15) is 59.3 Å². The second kappa shape index (κ2) is 14.3. The van der Waals surface area contributed by atoms with Gasteiger partial charge in [0.05, 0.1) is 0 Å². The summed E-state index contributed by atoms with van der Waals surface area (Å²) in [5.41, 5.74) is 0. The van der Waals surface area contributed by atoms with Crippen LogP contribution in [0.3, 0.4) is 0 Å². The number of sulfone groups is 1. The summed E-state index contributed by atoms with van der Waals surface area (Å²) in [5, 5.41) is 0.164. The molecule has 0 radical (unpaired) electrons. The summed E-state index contributed by atoms with van der Waals surface area (Å²) in [7, 11) is -4.96. The summed E-state index contributed by atoms with van der Waals surface area (Å²) >= 11 is -2.94. The van der Waals surface area contributed by atoms with E-state index in [1.165, 1.54) is 55.5 Å². The van der Waals surface area contributed by atoms with Gasteiger partial charge in [0.2, 0.25) is 0 Å². The van der Waals surface area contributed by atoms with Crippen molar-refractivity contribution < 1.29 is 13.2 Å². The SMILES string of the molecule is CCC[CH2][Sn]([CH2]CCC)([CH2]CCC)[c]1cnc(S(=O)(=O)c2ccccc2)n1COCC[Si](C)(C)C. The molecule has 198 valence electrons. The van der Waals surface area contributed by atoms with Crippen molar-refractivity contribution in [3.05, 3.63) is 36.5 Å². The van der Waals surface area contributed by atoms with Crippen molar-refractivity contribution in [3.63, 3.8) is 0 Å². The minimum absolute atomic E-state index is 0.164. The number of nitrogens with zero attached hydrogens (tertiary/aromatic N) is 2. The van der Waals surface area contributed by atoms with Crippen molar-refractivity contribution in [2.45, 2.75) is 115 Å². The van der Waals surface area contributed by atoms with E-state index in [2.05, 4.69) is 45.4 Å². The summed E-state index contributed by atoms with van der Waals surface area (Å²) < 4.78 is 40.7. The Morgan fingerprint density at radius 2 is 1.46 bits per heavy atom. The van der Waals surface area contributed by atoms with Crippen LogP contribution in [-0.4, -0.2) is 51.0 Å². The predicted octanol–water partition coefficient (Wildman–Crippen LogP) is 7.08. The van der Waals surface area contributed by atoms with E-state index in [0.29, 0.717) is 11.5 Å². The van der Waals surface area contributed by atoms with E-state index in [0.717, 1.165) is 6.04 Å². The molecule has 5 nitrogen and oxygen atoms in total. The van der Waals surface area contributed by atoms with Gasteiger partial charge in [-0.2, -0.15) is 0 Å². The molecule has 0 aliphatic heterocycles. The number of hydrogen-bond donors (Lipinski definition) is 0. The van der Waals surface area contributed by atoms with Gasteiger partial charge in [-0.05, 0) is 0 Å². The summed E-state index contributed by atoms with van der Waals surface area (Å²) in [4.78, 5) is 4.94. The summed E-state index contributed by atoms with van der Waals surface area (Å²) in [5.74, 6) is 0. The number of hydrogen-bond acceptors (Lipinski definition) is 4. The molecule has 0 saturated heterocycles. The predicted molar refractivity (Wildman–Crippen MR) is 153 cm³/mol. The van der Waals surface area contributed by atoms with Crippen LogP contribution >= 0.6 is 0 Å². The topological polar surface area (TPSA) is 61.2 Å². The molecule has 0 spiro atoms. The van der Waals surface area contributed by atoms with Gasteiger partial charge in [-0.25, -0.2) is 0 Å². The molecule has 8 heteroatoms. The second-order valence-electron chi connectivity index (χ2n) is 11.1. The number of imidazole rings is 1. The van der Waals surface area contributed by atoms with Gasteiger partial charge in [0.25, 0.3) is 0 Å². The molecule has 0 atom stereocenters. The molecule has 0 aliphatic rings. The standard InChI is InChI=1S/C15H21N2O3SSi.3C4H9.Sn/c1-22(2,3)12-11-20-13-17-10-9-16-15(17)21(18,19)14-7-5-4-6-8-14;3*1-3-4-2;/h4-9H,11-13H2,1-3H3;3*1,3-4H2,2H3;. The van der Waals surface area contributed by atoms with Gasteiger partial charge < -0.3 is 0 Å². The summed E-state index contributed by atoms with van der Waals surface area (Å²) in [6.45, 7) is 14.8. The molecular formula is C27H48N2O3SSiSn. The van der Waals surface area contributed by atoms with Gasteiger partial charge >= 0.3 is 221 Å². The molecule has 35 heavy (non-hydrogen) atoms. The first-order valence-electron chi connectivity index (χ1n) is 13.5. The van der Waals surface area contributed by atoms with Crippen molar-refractivity contribution in [2.75, 3.05) is 6.61 Å². The zero-order chi connectivity index (χ0) is 26.0. The molecule has 0 N–H and O–H groups in total. The first-order chi connectivity index (χ1) is 16.6.